The monoisotopic (exact) mass is 266 g/mol. The Balaban J connectivity index is 2.81. The highest BCUT2D eigenvalue weighted by Gasteiger charge is 2.19. The summed E-state index contributed by atoms with van der Waals surface area (Å²) in [7, 11) is 0. The van der Waals surface area contributed by atoms with Crippen LogP contribution >= 0.6 is 0 Å². The lowest BCUT2D eigenvalue weighted by Gasteiger charge is -2.22. The van der Waals surface area contributed by atoms with Crippen LogP contribution in [0.4, 0.5) is 5.69 Å². The first-order valence-electron chi connectivity index (χ1n) is 5.91. The molecule has 0 fully saturated rings. The maximum absolute atomic E-state index is 11.9. The number of amides is 1. The number of aryl methyl sites for hydroxylation is 1. The predicted molar refractivity (Wildman–Crippen MR) is 71.0 cm³/mol. The van der Waals surface area contributed by atoms with E-state index in [2.05, 4.69) is 5.32 Å². The van der Waals surface area contributed by atoms with Crippen LogP contribution in [0.2, 0.25) is 0 Å². The van der Waals surface area contributed by atoms with Gasteiger partial charge in [-0.2, -0.15) is 0 Å². The number of rotatable bonds is 5. The van der Waals surface area contributed by atoms with E-state index in [1.807, 2.05) is 13.8 Å². The Hall–Kier alpha value is -1.95. The van der Waals surface area contributed by atoms with Crippen LogP contribution in [0.5, 0.6) is 0 Å². The molecule has 6 nitrogen and oxygen atoms in total. The molecule has 0 spiro atoms. The number of non-ortho nitro benzene ring substituents is 1. The van der Waals surface area contributed by atoms with Gasteiger partial charge in [-0.15, -0.1) is 0 Å². The summed E-state index contributed by atoms with van der Waals surface area (Å²) in [6.45, 7) is 5.61. The molecule has 0 radical (unpaired) electrons. The van der Waals surface area contributed by atoms with Crippen LogP contribution in [-0.2, 0) is 0 Å². The minimum atomic E-state index is -0.496. The SMILES string of the molecule is Cc1cc([N+](=O)[O-])ccc1C(=O)NCC(C)(C)CO. The molecule has 0 saturated carbocycles. The molecule has 19 heavy (non-hydrogen) atoms. The zero-order valence-electron chi connectivity index (χ0n) is 11.3. The molecule has 1 aromatic rings. The average molecular weight is 266 g/mol. The normalized spacial score (nSPS) is 11.2. The molecule has 0 atom stereocenters. The second-order valence-electron chi connectivity index (χ2n) is 5.26. The molecule has 0 aliphatic rings. The standard InChI is InChI=1S/C13H18N2O4/c1-9-6-10(15(18)19)4-5-11(9)12(17)14-7-13(2,3)8-16/h4-6,16H,7-8H2,1-3H3,(H,14,17). The molecule has 104 valence electrons. The zero-order chi connectivity index (χ0) is 14.6. The van der Waals surface area contributed by atoms with Crippen molar-refractivity contribution in [1.29, 1.82) is 0 Å². The minimum absolute atomic E-state index is 0.0352. The molecule has 1 amide bonds. The van der Waals surface area contributed by atoms with Crippen molar-refractivity contribution in [1.82, 2.24) is 5.32 Å². The van der Waals surface area contributed by atoms with E-state index in [1.54, 1.807) is 6.92 Å². The van der Waals surface area contributed by atoms with Gasteiger partial charge in [0.1, 0.15) is 0 Å². The van der Waals surface area contributed by atoms with Crippen molar-refractivity contribution < 1.29 is 14.8 Å². The van der Waals surface area contributed by atoms with E-state index in [1.165, 1.54) is 18.2 Å². The van der Waals surface area contributed by atoms with Crippen molar-refractivity contribution in [2.75, 3.05) is 13.2 Å². The molecule has 0 saturated heterocycles. The first-order valence-corrected chi connectivity index (χ1v) is 5.91. The number of benzene rings is 1. The maximum Gasteiger partial charge on any atom is 0.269 e. The van der Waals surface area contributed by atoms with Gasteiger partial charge in [0.05, 0.1) is 4.92 Å². The van der Waals surface area contributed by atoms with Crippen LogP contribution in [0.3, 0.4) is 0 Å². The van der Waals surface area contributed by atoms with Crippen LogP contribution in [-0.4, -0.2) is 29.1 Å². The van der Waals surface area contributed by atoms with E-state index in [-0.39, 0.29) is 18.2 Å². The van der Waals surface area contributed by atoms with Crippen LogP contribution in [0.25, 0.3) is 0 Å². The molecule has 6 heteroatoms. The van der Waals surface area contributed by atoms with Gasteiger partial charge in [-0.05, 0) is 18.6 Å². The van der Waals surface area contributed by atoms with Crippen LogP contribution < -0.4 is 5.32 Å². The molecule has 0 aliphatic heterocycles. The third-order valence-corrected chi connectivity index (χ3v) is 2.82. The van der Waals surface area contributed by atoms with Crippen molar-refractivity contribution >= 4 is 11.6 Å². The smallest absolute Gasteiger partial charge is 0.269 e. The zero-order valence-corrected chi connectivity index (χ0v) is 11.3. The number of nitro benzene ring substituents is 1. The second-order valence-corrected chi connectivity index (χ2v) is 5.26. The number of carbonyl (C=O) groups excluding carboxylic acids is 1. The molecule has 0 heterocycles. The molecular formula is C13H18N2O4. The van der Waals surface area contributed by atoms with E-state index in [0.29, 0.717) is 17.7 Å². The number of aliphatic hydroxyl groups excluding tert-OH is 1. The Labute approximate surface area is 111 Å². The quantitative estimate of drug-likeness (QED) is 0.626. The minimum Gasteiger partial charge on any atom is -0.396 e. The van der Waals surface area contributed by atoms with Crippen LogP contribution in [0.1, 0.15) is 29.8 Å². The summed E-state index contributed by atoms with van der Waals surface area (Å²) < 4.78 is 0. The molecule has 0 unspecified atom stereocenters. The van der Waals surface area contributed by atoms with E-state index < -0.39 is 10.3 Å². The lowest BCUT2D eigenvalue weighted by Crippen LogP contribution is -2.36. The van der Waals surface area contributed by atoms with E-state index in [4.69, 9.17) is 5.11 Å². The Bertz CT molecular complexity index is 497. The molecule has 1 aromatic carbocycles. The number of carbonyl (C=O) groups is 1. The first-order chi connectivity index (χ1) is 8.76. The third kappa shape index (κ3) is 4.03. The van der Waals surface area contributed by atoms with Gasteiger partial charge in [-0.3, -0.25) is 14.9 Å². The van der Waals surface area contributed by atoms with Crippen molar-refractivity contribution in [2.24, 2.45) is 5.41 Å². The lowest BCUT2D eigenvalue weighted by atomic mass is 9.95. The number of hydrogen-bond acceptors (Lipinski definition) is 4. The Morgan fingerprint density at radius 1 is 1.47 bits per heavy atom. The summed E-state index contributed by atoms with van der Waals surface area (Å²) in [6.07, 6.45) is 0. The fourth-order valence-corrected chi connectivity index (χ4v) is 1.49. The van der Waals surface area contributed by atoms with E-state index >= 15 is 0 Å². The summed E-state index contributed by atoms with van der Waals surface area (Å²) in [5.41, 5.74) is 0.516. The summed E-state index contributed by atoms with van der Waals surface area (Å²) in [5.74, 6) is -0.297. The number of hydrogen-bond donors (Lipinski definition) is 2. The fraction of sp³-hybridized carbons (Fsp3) is 0.462. The van der Waals surface area contributed by atoms with Gasteiger partial charge in [0.25, 0.3) is 11.6 Å². The van der Waals surface area contributed by atoms with E-state index in [0.717, 1.165) is 0 Å². The van der Waals surface area contributed by atoms with Crippen LogP contribution in [0.15, 0.2) is 18.2 Å². The van der Waals surface area contributed by atoms with Gasteiger partial charge < -0.3 is 10.4 Å². The topological polar surface area (TPSA) is 92.5 Å². The lowest BCUT2D eigenvalue weighted by molar-refractivity contribution is -0.384. The molecule has 0 bridgehead atoms. The van der Waals surface area contributed by atoms with Gasteiger partial charge in [0.2, 0.25) is 0 Å². The Kier molecular flexibility index (Phi) is 4.61. The molecule has 0 aromatic heterocycles. The third-order valence-electron chi connectivity index (χ3n) is 2.82. The molecule has 1 rings (SSSR count). The summed E-state index contributed by atoms with van der Waals surface area (Å²) >= 11 is 0. The predicted octanol–water partition coefficient (Wildman–Crippen LogP) is 1.65. The van der Waals surface area contributed by atoms with Gasteiger partial charge in [0.15, 0.2) is 0 Å². The first kappa shape index (κ1) is 15.1. The number of aliphatic hydroxyl groups is 1. The van der Waals surface area contributed by atoms with Crippen molar-refractivity contribution in [3.63, 3.8) is 0 Å². The summed E-state index contributed by atoms with van der Waals surface area (Å²) in [5, 5.41) is 22.4. The Morgan fingerprint density at radius 2 is 2.11 bits per heavy atom. The Morgan fingerprint density at radius 3 is 2.58 bits per heavy atom. The number of nitro groups is 1. The number of nitrogens with zero attached hydrogens (tertiary/aromatic N) is 1. The van der Waals surface area contributed by atoms with Crippen molar-refractivity contribution in [3.05, 3.63) is 39.4 Å². The van der Waals surface area contributed by atoms with Gasteiger partial charge in [-0.1, -0.05) is 13.8 Å². The van der Waals surface area contributed by atoms with Crippen molar-refractivity contribution in [3.8, 4) is 0 Å². The highest BCUT2D eigenvalue weighted by molar-refractivity contribution is 5.95. The molecule has 2 N–H and O–H groups in total. The maximum atomic E-state index is 11.9. The molecular weight excluding hydrogens is 248 g/mol. The second kappa shape index (κ2) is 5.79. The summed E-state index contributed by atoms with van der Waals surface area (Å²) in [6, 6.07) is 4.11. The average Bonchev–Trinajstić information content (AvgIpc) is 2.36. The fourth-order valence-electron chi connectivity index (χ4n) is 1.49. The van der Waals surface area contributed by atoms with Gasteiger partial charge in [-0.25, -0.2) is 0 Å². The molecule has 0 aliphatic carbocycles. The largest absolute Gasteiger partial charge is 0.396 e. The van der Waals surface area contributed by atoms with Crippen molar-refractivity contribution in [2.45, 2.75) is 20.8 Å². The number of nitrogens with one attached hydrogen (secondary N) is 1. The van der Waals surface area contributed by atoms with Gasteiger partial charge in [0, 0.05) is 36.3 Å². The highest BCUT2D eigenvalue weighted by atomic mass is 16.6. The van der Waals surface area contributed by atoms with Crippen LogP contribution in [0, 0.1) is 22.5 Å². The van der Waals surface area contributed by atoms with E-state index in [9.17, 15) is 14.9 Å². The van der Waals surface area contributed by atoms with Gasteiger partial charge >= 0.3 is 0 Å². The summed E-state index contributed by atoms with van der Waals surface area (Å²) in [4.78, 5) is 22.1. The highest BCUT2D eigenvalue weighted by Crippen LogP contribution is 2.18.